The SMILES string of the molecule is Cc1pc(N)ns1. The molecule has 0 unspecified atom stereocenters. The molecule has 0 aliphatic carbocycles. The second-order valence-electron chi connectivity index (χ2n) is 1.17. The Kier molecular flexibility index (Phi) is 1.26. The molecule has 0 spiro atoms. The van der Waals surface area contributed by atoms with Crippen molar-refractivity contribution in [3.05, 3.63) is 4.61 Å². The molecule has 0 aliphatic heterocycles. The van der Waals surface area contributed by atoms with E-state index in [0.717, 1.165) is 13.7 Å². The second-order valence-corrected chi connectivity index (χ2v) is 3.80. The summed E-state index contributed by atoms with van der Waals surface area (Å²) in [5.74, 6) is 0. The Balaban J connectivity index is 3.04. The minimum atomic E-state index is 0.725. The smallest absolute Gasteiger partial charge is 0.163 e. The Hall–Kier alpha value is -0.140. The van der Waals surface area contributed by atoms with Gasteiger partial charge in [0.25, 0.3) is 0 Å². The van der Waals surface area contributed by atoms with Gasteiger partial charge < -0.3 is 5.73 Å². The molecule has 0 saturated heterocycles. The molecular formula is C3H5N2PS. The van der Waals surface area contributed by atoms with Gasteiger partial charge in [-0.15, -0.1) is 0 Å². The summed E-state index contributed by atoms with van der Waals surface area (Å²) < 4.78 is 5.14. The van der Waals surface area contributed by atoms with Gasteiger partial charge in [0.05, 0.1) is 4.61 Å². The monoisotopic (exact) mass is 132 g/mol. The highest BCUT2D eigenvalue weighted by Gasteiger charge is 1.88. The fraction of sp³-hybridized carbons (Fsp3) is 0.333. The maximum atomic E-state index is 5.32. The van der Waals surface area contributed by atoms with Gasteiger partial charge in [0.2, 0.25) is 0 Å². The third-order valence-corrected chi connectivity index (χ3v) is 2.39. The molecule has 4 heteroatoms. The average Bonchev–Trinajstić information content (AvgIpc) is 1.87. The molecule has 38 valence electrons. The van der Waals surface area contributed by atoms with Gasteiger partial charge >= 0.3 is 0 Å². The fourth-order valence-corrected chi connectivity index (χ4v) is 1.72. The number of rotatable bonds is 0. The number of hydrogen-bond donors (Lipinski definition) is 1. The van der Waals surface area contributed by atoms with Gasteiger partial charge in [-0.25, -0.2) is 0 Å². The topological polar surface area (TPSA) is 38.9 Å². The lowest BCUT2D eigenvalue weighted by atomic mass is 11.0. The Labute approximate surface area is 47.6 Å². The van der Waals surface area contributed by atoms with Gasteiger partial charge in [0.15, 0.2) is 5.55 Å². The number of anilines is 1. The highest BCUT2D eigenvalue weighted by Crippen LogP contribution is 2.23. The molecule has 0 saturated carbocycles. The van der Waals surface area contributed by atoms with E-state index in [-0.39, 0.29) is 0 Å². The highest BCUT2D eigenvalue weighted by molar-refractivity contribution is 7.43. The molecule has 0 amide bonds. The molecule has 1 rings (SSSR count). The zero-order valence-electron chi connectivity index (χ0n) is 3.88. The zero-order chi connectivity index (χ0) is 5.28. The number of nitrogens with two attached hydrogens (primary N) is 1. The zero-order valence-corrected chi connectivity index (χ0v) is 5.59. The predicted octanol–water partition coefficient (Wildman–Crippen LogP) is 1.61. The van der Waals surface area contributed by atoms with Crippen LogP contribution in [0.5, 0.6) is 0 Å². The molecule has 0 aromatic carbocycles. The van der Waals surface area contributed by atoms with E-state index in [1.807, 2.05) is 6.92 Å². The van der Waals surface area contributed by atoms with Crippen molar-refractivity contribution in [1.82, 2.24) is 4.37 Å². The Bertz CT molecular complexity index is 145. The van der Waals surface area contributed by atoms with E-state index in [1.165, 1.54) is 16.1 Å². The second kappa shape index (κ2) is 1.76. The number of nitrogens with zero attached hydrogens (tertiary/aromatic N) is 1. The number of nitrogen functional groups attached to an aromatic ring is 1. The summed E-state index contributed by atoms with van der Waals surface area (Å²) >= 11 is 1.47. The Morgan fingerprint density at radius 2 is 2.57 bits per heavy atom. The van der Waals surface area contributed by atoms with Crippen LogP contribution in [-0.4, -0.2) is 4.37 Å². The normalized spacial score (nSPS) is 10.4. The van der Waals surface area contributed by atoms with E-state index in [9.17, 15) is 0 Å². The first-order chi connectivity index (χ1) is 3.29. The van der Waals surface area contributed by atoms with Crippen LogP contribution < -0.4 is 5.73 Å². The van der Waals surface area contributed by atoms with Gasteiger partial charge in [-0.2, -0.15) is 4.37 Å². The van der Waals surface area contributed by atoms with Crippen LogP contribution in [-0.2, 0) is 0 Å². The van der Waals surface area contributed by atoms with Crippen LogP contribution in [0.2, 0.25) is 0 Å². The van der Waals surface area contributed by atoms with Crippen LogP contribution in [0, 0.1) is 6.92 Å². The summed E-state index contributed by atoms with van der Waals surface area (Å²) in [4.78, 5) is 0. The number of aromatic nitrogens is 1. The van der Waals surface area contributed by atoms with E-state index in [2.05, 4.69) is 4.37 Å². The molecule has 2 N–H and O–H groups in total. The fourth-order valence-electron chi connectivity index (χ4n) is 0.315. The lowest BCUT2D eigenvalue weighted by molar-refractivity contribution is 1.62. The van der Waals surface area contributed by atoms with Gasteiger partial charge in [0.1, 0.15) is 0 Å². The standard InChI is InChI=1S/C3H5N2PS/c1-2-6-3(4)5-7-2/h1H3,(H2,4,5). The van der Waals surface area contributed by atoms with E-state index in [4.69, 9.17) is 5.73 Å². The van der Waals surface area contributed by atoms with Crippen LogP contribution >= 0.6 is 19.7 Å². The first-order valence-electron chi connectivity index (χ1n) is 1.85. The largest absolute Gasteiger partial charge is 0.379 e. The lowest BCUT2D eigenvalue weighted by Gasteiger charge is -1.67. The third-order valence-electron chi connectivity index (χ3n) is 0.543. The maximum Gasteiger partial charge on any atom is 0.163 e. The summed E-state index contributed by atoms with van der Waals surface area (Å²) in [6.07, 6.45) is 0. The molecule has 7 heavy (non-hydrogen) atoms. The number of aryl methyl sites for hydroxylation is 1. The Morgan fingerprint density at radius 3 is 2.71 bits per heavy atom. The van der Waals surface area contributed by atoms with Crippen LogP contribution in [0.4, 0.5) is 5.55 Å². The highest BCUT2D eigenvalue weighted by atomic mass is 32.1. The van der Waals surface area contributed by atoms with Crippen molar-refractivity contribution in [3.63, 3.8) is 0 Å². The minimum Gasteiger partial charge on any atom is -0.379 e. The van der Waals surface area contributed by atoms with Crippen molar-refractivity contribution in [2.75, 3.05) is 5.73 Å². The van der Waals surface area contributed by atoms with Crippen LogP contribution in [0.3, 0.4) is 0 Å². The summed E-state index contributed by atoms with van der Waals surface area (Å²) in [5.41, 5.74) is 6.05. The molecule has 0 radical (unpaired) electrons. The third kappa shape index (κ3) is 1.11. The van der Waals surface area contributed by atoms with Crippen molar-refractivity contribution < 1.29 is 0 Å². The molecule has 1 aromatic rings. The van der Waals surface area contributed by atoms with Gasteiger partial charge in [-0.3, -0.25) is 0 Å². The van der Waals surface area contributed by atoms with Crippen LogP contribution in [0.15, 0.2) is 0 Å². The van der Waals surface area contributed by atoms with E-state index in [0.29, 0.717) is 0 Å². The van der Waals surface area contributed by atoms with Gasteiger partial charge in [-0.1, -0.05) is 0 Å². The van der Waals surface area contributed by atoms with Crippen LogP contribution in [0.25, 0.3) is 0 Å². The van der Waals surface area contributed by atoms with Gasteiger partial charge in [0, 0.05) is 0 Å². The molecule has 0 atom stereocenters. The molecule has 0 bridgehead atoms. The average molecular weight is 132 g/mol. The van der Waals surface area contributed by atoms with Crippen LogP contribution in [0.1, 0.15) is 4.61 Å². The number of hydrogen-bond acceptors (Lipinski definition) is 3. The summed E-state index contributed by atoms with van der Waals surface area (Å²) in [6.45, 7) is 2.02. The van der Waals surface area contributed by atoms with E-state index in [1.54, 1.807) is 0 Å². The predicted molar refractivity (Wildman–Crippen MR) is 33.8 cm³/mol. The lowest BCUT2D eigenvalue weighted by Crippen LogP contribution is -1.75. The molecule has 1 heterocycles. The van der Waals surface area contributed by atoms with E-state index < -0.39 is 0 Å². The summed E-state index contributed by atoms with van der Waals surface area (Å²) in [7, 11) is 1.10. The quantitative estimate of drug-likeness (QED) is 0.582. The Morgan fingerprint density at radius 1 is 1.86 bits per heavy atom. The summed E-state index contributed by atoms with van der Waals surface area (Å²) in [6, 6.07) is 0. The molecule has 0 aliphatic rings. The van der Waals surface area contributed by atoms with Crippen molar-refractivity contribution in [2.45, 2.75) is 6.92 Å². The van der Waals surface area contributed by atoms with Gasteiger partial charge in [-0.05, 0) is 26.6 Å². The molecule has 0 fully saturated rings. The molecular weight excluding hydrogens is 127 g/mol. The molecule has 2 nitrogen and oxygen atoms in total. The van der Waals surface area contributed by atoms with E-state index >= 15 is 0 Å². The molecule has 1 aromatic heterocycles. The van der Waals surface area contributed by atoms with Crippen molar-refractivity contribution in [3.8, 4) is 0 Å². The first kappa shape index (κ1) is 5.01. The first-order valence-corrected chi connectivity index (χ1v) is 3.51. The van der Waals surface area contributed by atoms with Crippen molar-refractivity contribution >= 4 is 25.3 Å². The van der Waals surface area contributed by atoms with Crippen molar-refractivity contribution in [1.29, 1.82) is 0 Å². The summed E-state index contributed by atoms with van der Waals surface area (Å²) in [5, 5.41) is 0. The van der Waals surface area contributed by atoms with Crippen molar-refractivity contribution in [2.24, 2.45) is 0 Å². The maximum absolute atomic E-state index is 5.32. The minimum absolute atomic E-state index is 0.725.